The second-order valence-corrected chi connectivity index (χ2v) is 7.47. The zero-order chi connectivity index (χ0) is 21.2. The lowest BCUT2D eigenvalue weighted by atomic mass is 10.1. The Bertz CT molecular complexity index is 909. The van der Waals surface area contributed by atoms with Crippen molar-refractivity contribution >= 4 is 5.97 Å². The van der Waals surface area contributed by atoms with E-state index in [1.807, 2.05) is 49.6 Å². The summed E-state index contributed by atoms with van der Waals surface area (Å²) in [6, 6.07) is 16.1. The topological polar surface area (TPSA) is 72.3 Å². The van der Waals surface area contributed by atoms with Crippen molar-refractivity contribution in [2.24, 2.45) is 0 Å². The van der Waals surface area contributed by atoms with E-state index in [9.17, 15) is 9.90 Å². The molecule has 0 aliphatic rings. The molecule has 1 atom stereocenters. The van der Waals surface area contributed by atoms with Crippen molar-refractivity contribution < 1.29 is 14.6 Å². The molecular weight excluding hydrogens is 376 g/mol. The summed E-state index contributed by atoms with van der Waals surface area (Å²) in [5.74, 6) is 0.846. The van der Waals surface area contributed by atoms with Crippen LogP contribution in [0.25, 0.3) is 11.1 Å². The molecule has 30 heavy (non-hydrogen) atoms. The summed E-state index contributed by atoms with van der Waals surface area (Å²) >= 11 is 0. The van der Waals surface area contributed by atoms with Crippen LogP contribution in [0.15, 0.2) is 67.0 Å². The molecule has 0 bridgehead atoms. The number of aromatic hydroxyl groups is 1. The number of esters is 1. The summed E-state index contributed by atoms with van der Waals surface area (Å²) in [7, 11) is 0. The third kappa shape index (κ3) is 6.69. The van der Waals surface area contributed by atoms with Gasteiger partial charge in [0.25, 0.3) is 0 Å². The lowest BCUT2D eigenvalue weighted by Gasteiger charge is -2.13. The van der Waals surface area contributed by atoms with Crippen LogP contribution in [0.4, 0.5) is 0 Å². The Morgan fingerprint density at radius 1 is 0.900 bits per heavy atom. The van der Waals surface area contributed by atoms with Gasteiger partial charge < -0.3 is 9.84 Å². The second kappa shape index (κ2) is 11.1. The van der Waals surface area contributed by atoms with Crippen molar-refractivity contribution in [1.82, 2.24) is 9.97 Å². The lowest BCUT2D eigenvalue weighted by molar-refractivity contribution is 0.0319. The third-order valence-electron chi connectivity index (χ3n) is 4.98. The van der Waals surface area contributed by atoms with Crippen LogP contribution >= 0.6 is 0 Å². The van der Waals surface area contributed by atoms with Crippen LogP contribution in [0.3, 0.4) is 0 Å². The molecule has 0 aliphatic heterocycles. The minimum atomic E-state index is -0.254. The summed E-state index contributed by atoms with van der Waals surface area (Å²) in [6.45, 7) is 1.95. The molecule has 1 aromatic heterocycles. The number of benzene rings is 2. The highest BCUT2D eigenvalue weighted by Gasteiger charge is 2.11. The van der Waals surface area contributed by atoms with E-state index in [0.717, 1.165) is 55.5 Å². The molecule has 3 aromatic rings. The Morgan fingerprint density at radius 3 is 2.27 bits per heavy atom. The highest BCUT2D eigenvalue weighted by Crippen LogP contribution is 2.20. The van der Waals surface area contributed by atoms with Crippen LogP contribution in [0, 0.1) is 0 Å². The standard InChI is InChI=1S/C25H28N2O3/c1-19(30-25(29)21-10-6-4-7-11-21)9-5-2-3-8-12-24-26-17-22(18-27-24)20-13-15-23(28)16-14-20/h4,6-7,10-11,13-19,28H,2-3,5,8-9,12H2,1H3. The predicted molar refractivity (Wildman–Crippen MR) is 117 cm³/mol. The van der Waals surface area contributed by atoms with E-state index in [1.54, 1.807) is 24.3 Å². The van der Waals surface area contributed by atoms with Crippen molar-refractivity contribution in [2.45, 2.75) is 51.6 Å². The summed E-state index contributed by atoms with van der Waals surface area (Å²) in [5.41, 5.74) is 2.53. The Kier molecular flexibility index (Phi) is 7.95. The molecule has 0 aliphatic carbocycles. The number of ether oxygens (including phenoxy) is 1. The van der Waals surface area contributed by atoms with Gasteiger partial charge in [0.05, 0.1) is 11.7 Å². The number of hydrogen-bond acceptors (Lipinski definition) is 5. The van der Waals surface area contributed by atoms with E-state index in [2.05, 4.69) is 9.97 Å². The molecule has 0 radical (unpaired) electrons. The Labute approximate surface area is 177 Å². The number of unbranched alkanes of at least 4 members (excludes halogenated alkanes) is 3. The fourth-order valence-corrected chi connectivity index (χ4v) is 3.24. The number of carbonyl (C=O) groups is 1. The van der Waals surface area contributed by atoms with E-state index >= 15 is 0 Å². The molecule has 3 rings (SSSR count). The molecule has 5 nitrogen and oxygen atoms in total. The fourth-order valence-electron chi connectivity index (χ4n) is 3.24. The minimum absolute atomic E-state index is 0.0755. The molecule has 0 spiro atoms. The van der Waals surface area contributed by atoms with Gasteiger partial charge in [0.2, 0.25) is 0 Å². The van der Waals surface area contributed by atoms with Gasteiger partial charge >= 0.3 is 5.97 Å². The monoisotopic (exact) mass is 404 g/mol. The highest BCUT2D eigenvalue weighted by atomic mass is 16.5. The molecule has 0 amide bonds. The van der Waals surface area contributed by atoms with Crippen molar-refractivity contribution in [2.75, 3.05) is 0 Å². The number of hydrogen-bond donors (Lipinski definition) is 1. The molecule has 1 N–H and O–H groups in total. The molecule has 156 valence electrons. The first-order valence-corrected chi connectivity index (χ1v) is 10.5. The number of aromatic nitrogens is 2. The first kappa shape index (κ1) is 21.5. The number of phenols is 1. The Hall–Kier alpha value is -3.21. The molecule has 5 heteroatoms. The van der Waals surface area contributed by atoms with Crippen LogP contribution in [0.1, 0.15) is 55.2 Å². The first-order valence-electron chi connectivity index (χ1n) is 10.5. The average molecular weight is 405 g/mol. The maximum Gasteiger partial charge on any atom is 0.338 e. The lowest BCUT2D eigenvalue weighted by Crippen LogP contribution is -2.14. The summed E-state index contributed by atoms with van der Waals surface area (Å²) in [4.78, 5) is 20.9. The highest BCUT2D eigenvalue weighted by molar-refractivity contribution is 5.89. The van der Waals surface area contributed by atoms with E-state index in [4.69, 9.17) is 4.74 Å². The molecule has 0 saturated carbocycles. The average Bonchev–Trinajstić information content (AvgIpc) is 2.78. The number of carbonyl (C=O) groups excluding carboxylic acids is 1. The normalized spacial score (nSPS) is 11.8. The van der Waals surface area contributed by atoms with Crippen molar-refractivity contribution in [3.8, 4) is 16.9 Å². The van der Waals surface area contributed by atoms with Gasteiger partial charge in [-0.25, -0.2) is 14.8 Å². The fraction of sp³-hybridized carbons (Fsp3) is 0.320. The zero-order valence-electron chi connectivity index (χ0n) is 17.3. The van der Waals surface area contributed by atoms with E-state index in [1.165, 1.54) is 0 Å². The van der Waals surface area contributed by atoms with Crippen LogP contribution in [-0.2, 0) is 11.2 Å². The van der Waals surface area contributed by atoms with Gasteiger partial charge in [-0.2, -0.15) is 0 Å². The number of aryl methyl sites for hydroxylation is 1. The van der Waals surface area contributed by atoms with Crippen molar-refractivity contribution in [3.05, 3.63) is 78.4 Å². The van der Waals surface area contributed by atoms with Gasteiger partial charge in [-0.05, 0) is 56.0 Å². The predicted octanol–water partition coefficient (Wildman–Crippen LogP) is 5.59. The summed E-state index contributed by atoms with van der Waals surface area (Å²) in [6.07, 6.45) is 9.58. The van der Waals surface area contributed by atoms with Gasteiger partial charge in [-0.3, -0.25) is 0 Å². The number of rotatable bonds is 10. The van der Waals surface area contributed by atoms with Crippen molar-refractivity contribution in [3.63, 3.8) is 0 Å². The number of nitrogens with zero attached hydrogens (tertiary/aromatic N) is 2. The molecule has 0 fully saturated rings. The maximum absolute atomic E-state index is 12.0. The number of phenolic OH excluding ortho intramolecular Hbond substituents is 1. The summed E-state index contributed by atoms with van der Waals surface area (Å²) < 4.78 is 5.49. The Morgan fingerprint density at radius 2 is 1.57 bits per heavy atom. The summed E-state index contributed by atoms with van der Waals surface area (Å²) in [5, 5.41) is 9.37. The van der Waals surface area contributed by atoms with Crippen LogP contribution < -0.4 is 0 Å². The quantitative estimate of drug-likeness (QED) is 0.352. The molecular formula is C25H28N2O3. The van der Waals surface area contributed by atoms with Gasteiger partial charge in [0.15, 0.2) is 0 Å². The van der Waals surface area contributed by atoms with Crippen LogP contribution in [-0.4, -0.2) is 27.1 Å². The molecule has 0 saturated heterocycles. The smallest absolute Gasteiger partial charge is 0.338 e. The van der Waals surface area contributed by atoms with E-state index in [0.29, 0.717) is 5.56 Å². The van der Waals surface area contributed by atoms with Gasteiger partial charge in [-0.1, -0.05) is 43.2 Å². The van der Waals surface area contributed by atoms with Crippen LogP contribution in [0.2, 0.25) is 0 Å². The van der Waals surface area contributed by atoms with E-state index < -0.39 is 0 Å². The third-order valence-corrected chi connectivity index (χ3v) is 4.98. The van der Waals surface area contributed by atoms with Gasteiger partial charge in [0, 0.05) is 24.4 Å². The molecule has 2 aromatic carbocycles. The van der Waals surface area contributed by atoms with Crippen LogP contribution in [0.5, 0.6) is 5.75 Å². The van der Waals surface area contributed by atoms with E-state index in [-0.39, 0.29) is 17.8 Å². The zero-order valence-corrected chi connectivity index (χ0v) is 17.3. The molecule has 1 unspecified atom stereocenters. The SMILES string of the molecule is CC(CCCCCCc1ncc(-c2ccc(O)cc2)cn1)OC(=O)c1ccccc1. The Balaban J connectivity index is 1.30. The molecule has 1 heterocycles. The maximum atomic E-state index is 12.0. The first-order chi connectivity index (χ1) is 14.6. The second-order valence-electron chi connectivity index (χ2n) is 7.47. The minimum Gasteiger partial charge on any atom is -0.508 e. The van der Waals surface area contributed by atoms with Gasteiger partial charge in [-0.15, -0.1) is 0 Å². The largest absolute Gasteiger partial charge is 0.508 e. The van der Waals surface area contributed by atoms with Crippen molar-refractivity contribution in [1.29, 1.82) is 0 Å². The van der Waals surface area contributed by atoms with Gasteiger partial charge in [0.1, 0.15) is 11.6 Å².